The van der Waals surface area contributed by atoms with Crippen LogP contribution in [-0.4, -0.2) is 24.0 Å². The number of carbonyl (C=O) groups is 1. The van der Waals surface area contributed by atoms with Crippen LogP contribution in [0.15, 0.2) is 24.5 Å². The number of pyridine rings is 1. The summed E-state index contributed by atoms with van der Waals surface area (Å²) in [5, 5.41) is 0. The number of nitrogens with zero attached hydrogens (tertiary/aromatic N) is 2. The molecule has 86 valence electrons. The molecule has 1 aromatic rings. The first-order valence-corrected chi connectivity index (χ1v) is 5.65. The van der Waals surface area contributed by atoms with E-state index >= 15 is 0 Å². The van der Waals surface area contributed by atoms with E-state index < -0.39 is 0 Å². The smallest absolute Gasteiger partial charge is 0.234 e. The molecule has 1 aromatic heterocycles. The van der Waals surface area contributed by atoms with Gasteiger partial charge in [-0.1, -0.05) is 0 Å². The van der Waals surface area contributed by atoms with Crippen LogP contribution in [0, 0.1) is 5.41 Å². The Balaban J connectivity index is 2.21. The van der Waals surface area contributed by atoms with Gasteiger partial charge in [-0.3, -0.25) is 9.78 Å². The number of rotatable bonds is 4. The predicted octanol–water partition coefficient (Wildman–Crippen LogP) is 1.17. The molecule has 0 spiro atoms. The monoisotopic (exact) mass is 219 g/mol. The van der Waals surface area contributed by atoms with Crippen molar-refractivity contribution in [2.24, 2.45) is 11.1 Å². The van der Waals surface area contributed by atoms with Crippen molar-refractivity contribution in [3.05, 3.63) is 24.5 Å². The first-order chi connectivity index (χ1) is 7.73. The van der Waals surface area contributed by atoms with Gasteiger partial charge < -0.3 is 10.6 Å². The number of anilines is 1. The summed E-state index contributed by atoms with van der Waals surface area (Å²) in [6.45, 7) is 3.10. The summed E-state index contributed by atoms with van der Waals surface area (Å²) in [7, 11) is 0. The molecule has 1 saturated carbocycles. The second-order valence-corrected chi connectivity index (χ2v) is 4.24. The molecule has 1 amide bonds. The lowest BCUT2D eigenvalue weighted by atomic mass is 10.1. The lowest BCUT2D eigenvalue weighted by Gasteiger charge is -2.25. The van der Waals surface area contributed by atoms with E-state index in [2.05, 4.69) is 4.98 Å². The van der Waals surface area contributed by atoms with E-state index in [1.807, 2.05) is 19.1 Å². The fourth-order valence-corrected chi connectivity index (χ4v) is 1.91. The summed E-state index contributed by atoms with van der Waals surface area (Å²) in [5.74, 6) is 0.156. The molecule has 1 aliphatic rings. The van der Waals surface area contributed by atoms with Gasteiger partial charge in [-0.05, 0) is 31.9 Å². The predicted molar refractivity (Wildman–Crippen MR) is 63.0 cm³/mol. The highest BCUT2D eigenvalue weighted by Gasteiger charge is 2.50. The molecule has 4 heteroatoms. The molecule has 0 saturated heterocycles. The van der Waals surface area contributed by atoms with E-state index in [4.69, 9.17) is 5.73 Å². The zero-order valence-electron chi connectivity index (χ0n) is 9.52. The zero-order valence-corrected chi connectivity index (χ0v) is 9.52. The number of carbonyl (C=O) groups excluding carboxylic acids is 1. The van der Waals surface area contributed by atoms with Gasteiger partial charge in [-0.2, -0.15) is 0 Å². The highest BCUT2D eigenvalue weighted by molar-refractivity contribution is 5.99. The van der Waals surface area contributed by atoms with E-state index in [1.54, 1.807) is 17.3 Å². The van der Waals surface area contributed by atoms with Crippen molar-refractivity contribution in [1.82, 2.24) is 4.98 Å². The molecular weight excluding hydrogens is 202 g/mol. The van der Waals surface area contributed by atoms with Gasteiger partial charge in [0.25, 0.3) is 0 Å². The minimum Gasteiger partial charge on any atom is -0.329 e. The third-order valence-corrected chi connectivity index (χ3v) is 3.23. The van der Waals surface area contributed by atoms with Gasteiger partial charge in [0.05, 0.1) is 5.41 Å². The van der Waals surface area contributed by atoms with Crippen LogP contribution in [0.4, 0.5) is 5.69 Å². The van der Waals surface area contributed by atoms with E-state index in [1.165, 1.54) is 0 Å². The van der Waals surface area contributed by atoms with Crippen molar-refractivity contribution < 1.29 is 4.79 Å². The average molecular weight is 219 g/mol. The van der Waals surface area contributed by atoms with Crippen molar-refractivity contribution in [2.45, 2.75) is 19.8 Å². The fraction of sp³-hybridized carbons (Fsp3) is 0.500. The Labute approximate surface area is 95.5 Å². The molecule has 2 N–H and O–H groups in total. The Morgan fingerprint density at radius 3 is 2.56 bits per heavy atom. The van der Waals surface area contributed by atoms with E-state index in [9.17, 15) is 4.79 Å². The molecule has 0 atom stereocenters. The zero-order chi connectivity index (χ0) is 11.6. The largest absolute Gasteiger partial charge is 0.329 e. The Kier molecular flexibility index (Phi) is 2.92. The highest BCUT2D eigenvalue weighted by Crippen LogP contribution is 2.46. The van der Waals surface area contributed by atoms with Gasteiger partial charge >= 0.3 is 0 Å². The van der Waals surface area contributed by atoms with Crippen LogP contribution < -0.4 is 10.6 Å². The van der Waals surface area contributed by atoms with Crippen molar-refractivity contribution in [2.75, 3.05) is 18.0 Å². The van der Waals surface area contributed by atoms with Gasteiger partial charge in [0.2, 0.25) is 5.91 Å². The minimum absolute atomic E-state index is 0.156. The van der Waals surface area contributed by atoms with Gasteiger partial charge in [-0.25, -0.2) is 0 Å². The summed E-state index contributed by atoms with van der Waals surface area (Å²) in [4.78, 5) is 18.1. The molecule has 4 nitrogen and oxygen atoms in total. The van der Waals surface area contributed by atoms with Crippen LogP contribution in [0.5, 0.6) is 0 Å². The molecule has 0 bridgehead atoms. The van der Waals surface area contributed by atoms with E-state index in [0.29, 0.717) is 13.1 Å². The molecule has 16 heavy (non-hydrogen) atoms. The molecule has 1 heterocycles. The lowest BCUT2D eigenvalue weighted by molar-refractivity contribution is -0.123. The topological polar surface area (TPSA) is 59.2 Å². The van der Waals surface area contributed by atoms with Crippen molar-refractivity contribution in [1.29, 1.82) is 0 Å². The van der Waals surface area contributed by atoms with Crippen molar-refractivity contribution in [3.8, 4) is 0 Å². The summed E-state index contributed by atoms with van der Waals surface area (Å²) < 4.78 is 0. The van der Waals surface area contributed by atoms with E-state index in [0.717, 1.165) is 18.5 Å². The highest BCUT2D eigenvalue weighted by atomic mass is 16.2. The first-order valence-electron chi connectivity index (χ1n) is 5.65. The number of nitrogens with two attached hydrogens (primary N) is 1. The standard InChI is InChI=1S/C12H17N3O/c1-2-15(10-3-7-14-8-4-10)11(16)12(9-13)5-6-12/h3-4,7-8H,2,5-6,9,13H2,1H3. The molecule has 2 rings (SSSR count). The van der Waals surface area contributed by atoms with Gasteiger partial charge in [0.1, 0.15) is 0 Å². The maximum Gasteiger partial charge on any atom is 0.234 e. The van der Waals surface area contributed by atoms with Gasteiger partial charge in [-0.15, -0.1) is 0 Å². The summed E-state index contributed by atoms with van der Waals surface area (Å²) in [5.41, 5.74) is 6.31. The van der Waals surface area contributed by atoms with Gasteiger partial charge in [0, 0.05) is 31.2 Å². The maximum absolute atomic E-state index is 12.3. The van der Waals surface area contributed by atoms with Crippen LogP contribution in [0.3, 0.4) is 0 Å². The molecule has 0 radical (unpaired) electrons. The number of hydrogen-bond acceptors (Lipinski definition) is 3. The minimum atomic E-state index is -0.278. The number of amides is 1. The normalized spacial score (nSPS) is 16.9. The molecule has 1 aliphatic carbocycles. The second kappa shape index (κ2) is 4.22. The van der Waals surface area contributed by atoms with Crippen molar-refractivity contribution in [3.63, 3.8) is 0 Å². The molecular formula is C12H17N3O. The lowest BCUT2D eigenvalue weighted by Crippen LogP contribution is -2.40. The Bertz CT molecular complexity index is 373. The summed E-state index contributed by atoms with van der Waals surface area (Å²) >= 11 is 0. The third-order valence-electron chi connectivity index (χ3n) is 3.23. The Morgan fingerprint density at radius 1 is 1.50 bits per heavy atom. The molecule has 0 aliphatic heterocycles. The molecule has 1 fully saturated rings. The number of aromatic nitrogens is 1. The Morgan fingerprint density at radius 2 is 2.12 bits per heavy atom. The summed E-state index contributed by atoms with van der Waals surface area (Å²) in [6.07, 6.45) is 5.24. The average Bonchev–Trinajstić information content (AvgIpc) is 3.12. The van der Waals surface area contributed by atoms with Crippen LogP contribution in [0.1, 0.15) is 19.8 Å². The fourth-order valence-electron chi connectivity index (χ4n) is 1.91. The van der Waals surface area contributed by atoms with Gasteiger partial charge in [0.15, 0.2) is 0 Å². The molecule has 0 unspecified atom stereocenters. The summed E-state index contributed by atoms with van der Waals surface area (Å²) in [6, 6.07) is 3.71. The van der Waals surface area contributed by atoms with Crippen molar-refractivity contribution >= 4 is 11.6 Å². The molecule has 0 aromatic carbocycles. The third kappa shape index (κ3) is 1.80. The number of hydrogen-bond donors (Lipinski definition) is 1. The second-order valence-electron chi connectivity index (χ2n) is 4.24. The van der Waals surface area contributed by atoms with Crippen LogP contribution >= 0.6 is 0 Å². The quantitative estimate of drug-likeness (QED) is 0.827. The van der Waals surface area contributed by atoms with Crippen LogP contribution in [0.2, 0.25) is 0 Å². The SMILES string of the molecule is CCN(C(=O)C1(CN)CC1)c1ccncc1. The van der Waals surface area contributed by atoms with Crippen LogP contribution in [-0.2, 0) is 4.79 Å². The first kappa shape index (κ1) is 11.1. The van der Waals surface area contributed by atoms with Crippen LogP contribution in [0.25, 0.3) is 0 Å². The van der Waals surface area contributed by atoms with E-state index in [-0.39, 0.29) is 11.3 Å². The Hall–Kier alpha value is -1.42. The maximum atomic E-state index is 12.3.